The third-order valence-electron chi connectivity index (χ3n) is 3.55. The van der Waals surface area contributed by atoms with E-state index in [2.05, 4.69) is 26.4 Å². The number of alkyl carbamates (subject to hydrolysis) is 1. The van der Waals surface area contributed by atoms with Crippen LogP contribution in [0.15, 0.2) is 48.5 Å². The fourth-order valence-electron chi connectivity index (χ4n) is 1.93. The molecule has 5 N–H and O–H groups in total. The molecule has 0 heterocycles. The van der Waals surface area contributed by atoms with E-state index in [0.29, 0.717) is 5.56 Å². The zero-order valence-electron chi connectivity index (χ0n) is 17.3. The third kappa shape index (κ3) is 12.0. The Morgan fingerprint density at radius 1 is 0.848 bits per heavy atom. The van der Waals surface area contributed by atoms with E-state index >= 15 is 0 Å². The van der Waals surface area contributed by atoms with Crippen LogP contribution in [0.25, 0.3) is 0 Å². The SMILES string of the molecule is COC(=O)Cl.COC(=O)N[C@H](C(=O)O)c1ccc(F)cc1.N[C@H](C(=O)O)c1ccc(F)cc1. The molecule has 0 saturated heterocycles. The number of nitrogens with two attached hydrogens (primary N) is 1. The number of amides is 1. The molecule has 2 aromatic carbocycles. The number of carboxylic acids is 2. The summed E-state index contributed by atoms with van der Waals surface area (Å²) in [5.41, 5.74) is 5.15. The van der Waals surface area contributed by atoms with Crippen molar-refractivity contribution in [3.05, 3.63) is 71.3 Å². The molecule has 0 spiro atoms. The number of hydrogen-bond donors (Lipinski definition) is 4. The zero-order valence-corrected chi connectivity index (χ0v) is 18.1. The van der Waals surface area contributed by atoms with Gasteiger partial charge in [-0.2, -0.15) is 0 Å². The molecule has 10 nitrogen and oxygen atoms in total. The Kier molecular flexibility index (Phi) is 13.4. The van der Waals surface area contributed by atoms with Crippen molar-refractivity contribution in [3.63, 3.8) is 0 Å². The molecule has 0 aliphatic carbocycles. The summed E-state index contributed by atoms with van der Waals surface area (Å²) in [5, 5.41) is 19.5. The van der Waals surface area contributed by atoms with E-state index in [9.17, 15) is 28.0 Å². The summed E-state index contributed by atoms with van der Waals surface area (Å²) in [7, 11) is 2.34. The van der Waals surface area contributed by atoms with Crippen LogP contribution in [0.2, 0.25) is 0 Å². The Bertz CT molecular complexity index is 927. The predicted molar refractivity (Wildman–Crippen MR) is 112 cm³/mol. The van der Waals surface area contributed by atoms with Gasteiger partial charge in [-0.05, 0) is 35.4 Å². The summed E-state index contributed by atoms with van der Waals surface area (Å²) < 4.78 is 33.1. The van der Waals surface area contributed by atoms with Gasteiger partial charge in [-0.1, -0.05) is 24.3 Å². The largest absolute Gasteiger partial charge is 0.480 e. The number of nitrogens with one attached hydrogen (secondary N) is 1. The monoisotopic (exact) mass is 490 g/mol. The normalized spacial score (nSPS) is 11.2. The van der Waals surface area contributed by atoms with E-state index < -0.39 is 47.2 Å². The van der Waals surface area contributed by atoms with Gasteiger partial charge < -0.3 is 30.7 Å². The van der Waals surface area contributed by atoms with Crippen LogP contribution in [0.1, 0.15) is 23.2 Å². The van der Waals surface area contributed by atoms with Gasteiger partial charge in [0.2, 0.25) is 0 Å². The van der Waals surface area contributed by atoms with E-state index in [4.69, 9.17) is 15.9 Å². The summed E-state index contributed by atoms with van der Waals surface area (Å²) >= 11 is 4.60. The topological polar surface area (TPSA) is 165 Å². The number of aliphatic carboxylic acids is 2. The molecule has 0 aliphatic rings. The fourth-order valence-corrected chi connectivity index (χ4v) is 1.93. The van der Waals surface area contributed by atoms with Gasteiger partial charge in [0.25, 0.3) is 0 Å². The lowest BCUT2D eigenvalue weighted by Gasteiger charge is -2.13. The van der Waals surface area contributed by atoms with Crippen molar-refractivity contribution in [2.45, 2.75) is 12.1 Å². The molecule has 0 bridgehead atoms. The second-order valence-corrected chi connectivity index (χ2v) is 6.08. The van der Waals surface area contributed by atoms with Gasteiger partial charge in [-0.25, -0.2) is 23.2 Å². The van der Waals surface area contributed by atoms with E-state index in [1.165, 1.54) is 43.5 Å². The van der Waals surface area contributed by atoms with Crippen LogP contribution in [0.4, 0.5) is 18.4 Å². The third-order valence-corrected chi connectivity index (χ3v) is 3.71. The Balaban J connectivity index is 0.000000530. The van der Waals surface area contributed by atoms with Gasteiger partial charge >= 0.3 is 23.5 Å². The average Bonchev–Trinajstić information content (AvgIpc) is 2.78. The minimum absolute atomic E-state index is 0.263. The number of benzene rings is 2. The van der Waals surface area contributed by atoms with Crippen molar-refractivity contribution < 1.29 is 47.6 Å². The van der Waals surface area contributed by atoms with Crippen LogP contribution in [-0.4, -0.2) is 47.9 Å². The maximum Gasteiger partial charge on any atom is 0.407 e. The first kappa shape index (κ1) is 29.2. The van der Waals surface area contributed by atoms with Crippen molar-refractivity contribution in [1.29, 1.82) is 0 Å². The standard InChI is InChI=1S/C10H10FNO4.C8H8FNO2.C2H3ClO2/c1-16-10(15)12-8(9(13)14)6-2-4-7(11)5-3-6;9-6-3-1-5(2-4-6)7(10)8(11)12;1-5-2(3)4/h2-5,8H,1H3,(H,12,15)(H,13,14);1-4,7H,10H2,(H,11,12);1H3/t8-;7-;/m00./s1. The first-order valence-electron chi connectivity index (χ1n) is 8.72. The first-order valence-corrected chi connectivity index (χ1v) is 9.10. The highest BCUT2D eigenvalue weighted by Crippen LogP contribution is 2.14. The number of hydrogen-bond acceptors (Lipinski definition) is 7. The molecule has 0 fully saturated rings. The van der Waals surface area contributed by atoms with E-state index in [1.807, 2.05) is 0 Å². The van der Waals surface area contributed by atoms with Crippen molar-refractivity contribution in [2.24, 2.45) is 5.73 Å². The fraction of sp³-hybridized carbons (Fsp3) is 0.200. The number of carbonyl (C=O) groups excluding carboxylic acids is 2. The van der Waals surface area contributed by atoms with Gasteiger partial charge in [0.05, 0.1) is 14.2 Å². The lowest BCUT2D eigenvalue weighted by atomic mass is 10.1. The minimum atomic E-state index is -1.26. The van der Waals surface area contributed by atoms with Crippen molar-refractivity contribution in [2.75, 3.05) is 14.2 Å². The summed E-state index contributed by atoms with van der Waals surface area (Å²) in [4.78, 5) is 41.5. The highest BCUT2D eigenvalue weighted by Gasteiger charge is 2.22. The summed E-state index contributed by atoms with van der Waals surface area (Å²) in [6.07, 6.45) is -0.864. The van der Waals surface area contributed by atoms with Gasteiger partial charge in [-0.15, -0.1) is 0 Å². The first-order chi connectivity index (χ1) is 15.4. The van der Waals surface area contributed by atoms with E-state index in [-0.39, 0.29) is 5.56 Å². The second kappa shape index (κ2) is 15.1. The molecule has 0 aromatic heterocycles. The average molecular weight is 491 g/mol. The molecular formula is C20H21ClF2N2O8. The van der Waals surface area contributed by atoms with Crippen LogP contribution >= 0.6 is 11.6 Å². The molecule has 180 valence electrons. The van der Waals surface area contributed by atoms with Crippen LogP contribution in [-0.2, 0) is 19.1 Å². The number of rotatable bonds is 5. The van der Waals surface area contributed by atoms with Crippen molar-refractivity contribution in [3.8, 4) is 0 Å². The van der Waals surface area contributed by atoms with Gasteiger partial charge in [-0.3, -0.25) is 4.79 Å². The molecule has 0 radical (unpaired) electrons. The molecule has 2 rings (SSSR count). The molecule has 2 atom stereocenters. The van der Waals surface area contributed by atoms with Crippen molar-refractivity contribution in [1.82, 2.24) is 5.32 Å². The van der Waals surface area contributed by atoms with E-state index in [0.717, 1.165) is 19.2 Å². The van der Waals surface area contributed by atoms with Crippen LogP contribution in [0.5, 0.6) is 0 Å². The summed E-state index contributed by atoms with van der Waals surface area (Å²) in [6.45, 7) is 0. The Morgan fingerprint density at radius 3 is 1.55 bits per heavy atom. The smallest absolute Gasteiger partial charge is 0.407 e. The predicted octanol–water partition coefficient (Wildman–Crippen LogP) is 3.21. The number of ether oxygens (including phenoxy) is 2. The highest BCUT2D eigenvalue weighted by molar-refractivity contribution is 6.61. The number of methoxy groups -OCH3 is 2. The van der Waals surface area contributed by atoms with Gasteiger partial charge in [0.1, 0.15) is 17.7 Å². The quantitative estimate of drug-likeness (QED) is 0.460. The molecule has 1 amide bonds. The Morgan fingerprint density at radius 2 is 1.24 bits per heavy atom. The summed E-state index contributed by atoms with van der Waals surface area (Å²) in [5.74, 6) is -3.26. The molecule has 2 aromatic rings. The van der Waals surface area contributed by atoms with Crippen LogP contribution in [0, 0.1) is 11.6 Å². The van der Waals surface area contributed by atoms with Gasteiger partial charge in [0.15, 0.2) is 6.04 Å². The van der Waals surface area contributed by atoms with E-state index in [1.54, 1.807) is 0 Å². The van der Waals surface area contributed by atoms with Gasteiger partial charge in [0, 0.05) is 11.6 Å². The van der Waals surface area contributed by atoms with Crippen LogP contribution in [0.3, 0.4) is 0 Å². The number of carbonyl (C=O) groups is 4. The maximum atomic E-state index is 12.6. The summed E-state index contributed by atoms with van der Waals surface area (Å²) in [6, 6.07) is 7.53. The molecule has 0 unspecified atom stereocenters. The molecule has 0 aliphatic heterocycles. The highest BCUT2D eigenvalue weighted by atomic mass is 35.5. The minimum Gasteiger partial charge on any atom is -0.480 e. The lowest BCUT2D eigenvalue weighted by molar-refractivity contribution is -0.140. The second-order valence-electron chi connectivity index (χ2n) is 5.77. The van der Waals surface area contributed by atoms with Crippen LogP contribution < -0.4 is 11.1 Å². The van der Waals surface area contributed by atoms with Crippen molar-refractivity contribution >= 4 is 35.1 Å². The lowest BCUT2D eigenvalue weighted by Crippen LogP contribution is -2.33. The zero-order chi connectivity index (χ0) is 25.6. The maximum absolute atomic E-state index is 12.6. The number of carboxylic acid groups (broad SMARTS) is 2. The number of halogens is 3. The molecule has 33 heavy (non-hydrogen) atoms. The molecule has 13 heteroatoms. The molecule has 0 saturated carbocycles. The molecular weight excluding hydrogens is 470 g/mol. The Labute approximate surface area is 191 Å². The Hall–Kier alpha value is -3.77.